The Balaban J connectivity index is 1.26. The molecule has 1 fully saturated rings. The van der Waals surface area contributed by atoms with Crippen molar-refractivity contribution >= 4 is 28.5 Å². The lowest BCUT2D eigenvalue weighted by molar-refractivity contribution is -0.126. The van der Waals surface area contributed by atoms with Gasteiger partial charge in [0.1, 0.15) is 11.6 Å². The monoisotopic (exact) mass is 404 g/mol. The number of fused-ring (bicyclic) bond motifs is 2. The molecule has 2 amide bonds. The van der Waals surface area contributed by atoms with E-state index in [1.165, 1.54) is 5.56 Å². The molecule has 3 aromatic rings. The molecule has 0 radical (unpaired) electrons. The van der Waals surface area contributed by atoms with Crippen molar-refractivity contribution in [1.82, 2.24) is 14.9 Å². The highest BCUT2D eigenvalue weighted by molar-refractivity contribution is 6.00. The van der Waals surface area contributed by atoms with Gasteiger partial charge in [-0.15, -0.1) is 0 Å². The van der Waals surface area contributed by atoms with E-state index >= 15 is 0 Å². The average Bonchev–Trinajstić information content (AvgIpc) is 3.32. The van der Waals surface area contributed by atoms with E-state index in [0.717, 1.165) is 41.1 Å². The van der Waals surface area contributed by atoms with Crippen LogP contribution in [0.2, 0.25) is 0 Å². The fraction of sp³-hybridized carbons (Fsp3) is 0.348. The van der Waals surface area contributed by atoms with E-state index in [-0.39, 0.29) is 24.2 Å². The van der Waals surface area contributed by atoms with Gasteiger partial charge in [0.25, 0.3) is 0 Å². The van der Waals surface area contributed by atoms with Crippen molar-refractivity contribution < 1.29 is 14.3 Å². The van der Waals surface area contributed by atoms with Crippen LogP contribution >= 0.6 is 0 Å². The van der Waals surface area contributed by atoms with Crippen LogP contribution in [0.3, 0.4) is 0 Å². The number of nitrogens with one attached hydrogen (secondary N) is 1. The zero-order chi connectivity index (χ0) is 20.7. The zero-order valence-electron chi connectivity index (χ0n) is 16.9. The SMILES string of the molecule is Cn1c(CNC(=O)C2CC(=O)N(c3ccc4c(c3)OCCC4)C2)nc2ccccc21. The summed E-state index contributed by atoms with van der Waals surface area (Å²) >= 11 is 0. The summed E-state index contributed by atoms with van der Waals surface area (Å²) in [6, 6.07) is 13.8. The first kappa shape index (κ1) is 18.7. The van der Waals surface area contributed by atoms with Gasteiger partial charge < -0.3 is 19.5 Å². The summed E-state index contributed by atoms with van der Waals surface area (Å²) in [4.78, 5) is 31.6. The largest absolute Gasteiger partial charge is 0.493 e. The van der Waals surface area contributed by atoms with Crippen LogP contribution in [0.4, 0.5) is 5.69 Å². The number of benzene rings is 2. The average molecular weight is 404 g/mol. The lowest BCUT2D eigenvalue weighted by Gasteiger charge is -2.22. The number of nitrogens with zero attached hydrogens (tertiary/aromatic N) is 3. The van der Waals surface area contributed by atoms with Crippen LogP contribution in [-0.2, 0) is 29.6 Å². The quantitative estimate of drug-likeness (QED) is 0.725. The molecule has 154 valence electrons. The number of carbonyl (C=O) groups excluding carboxylic acids is 2. The number of hydrogen-bond acceptors (Lipinski definition) is 4. The highest BCUT2D eigenvalue weighted by atomic mass is 16.5. The molecule has 0 bridgehead atoms. The predicted molar refractivity (Wildman–Crippen MR) is 113 cm³/mol. The van der Waals surface area contributed by atoms with E-state index in [0.29, 0.717) is 19.7 Å². The molecule has 0 spiro atoms. The van der Waals surface area contributed by atoms with Gasteiger partial charge in [0, 0.05) is 31.8 Å². The molecule has 1 atom stereocenters. The van der Waals surface area contributed by atoms with Crippen LogP contribution in [0, 0.1) is 5.92 Å². The van der Waals surface area contributed by atoms with Crippen LogP contribution in [0.15, 0.2) is 42.5 Å². The van der Waals surface area contributed by atoms with Crippen LogP contribution < -0.4 is 15.0 Å². The van der Waals surface area contributed by atoms with Gasteiger partial charge in [-0.25, -0.2) is 4.98 Å². The number of ether oxygens (including phenoxy) is 1. The number of anilines is 1. The molecule has 5 rings (SSSR count). The maximum absolute atomic E-state index is 12.7. The summed E-state index contributed by atoms with van der Waals surface area (Å²) in [6.07, 6.45) is 2.23. The molecule has 2 aliphatic rings. The third kappa shape index (κ3) is 3.30. The maximum atomic E-state index is 12.7. The third-order valence-electron chi connectivity index (χ3n) is 6.01. The maximum Gasteiger partial charge on any atom is 0.227 e. The number of imidazole rings is 1. The Bertz CT molecular complexity index is 1140. The Morgan fingerprint density at radius 2 is 2.13 bits per heavy atom. The topological polar surface area (TPSA) is 76.5 Å². The molecule has 1 aromatic heterocycles. The summed E-state index contributed by atoms with van der Waals surface area (Å²) < 4.78 is 7.71. The molecular weight excluding hydrogens is 380 g/mol. The molecule has 2 aromatic carbocycles. The number of carbonyl (C=O) groups is 2. The molecule has 0 saturated carbocycles. The Morgan fingerprint density at radius 1 is 1.27 bits per heavy atom. The molecule has 30 heavy (non-hydrogen) atoms. The fourth-order valence-electron chi connectivity index (χ4n) is 4.29. The first-order valence-corrected chi connectivity index (χ1v) is 10.3. The van der Waals surface area contributed by atoms with E-state index in [4.69, 9.17) is 4.74 Å². The van der Waals surface area contributed by atoms with E-state index in [1.54, 1.807) is 4.90 Å². The standard InChI is InChI=1S/C23H24N4O3/c1-26-19-7-3-2-6-18(19)25-21(26)13-24-23(29)16-11-22(28)27(14-16)17-9-8-15-5-4-10-30-20(15)12-17/h2-3,6-9,12,16H,4-5,10-11,13-14H2,1H3,(H,24,29). The molecule has 3 heterocycles. The predicted octanol–water partition coefficient (Wildman–Crippen LogP) is 2.57. The molecular formula is C23H24N4O3. The molecule has 1 N–H and O–H groups in total. The number of rotatable bonds is 4. The summed E-state index contributed by atoms with van der Waals surface area (Å²) in [5.41, 5.74) is 3.90. The van der Waals surface area contributed by atoms with Gasteiger partial charge >= 0.3 is 0 Å². The van der Waals surface area contributed by atoms with Crippen LogP contribution in [0.1, 0.15) is 24.2 Å². The second-order valence-corrected chi connectivity index (χ2v) is 7.94. The van der Waals surface area contributed by atoms with Crippen molar-refractivity contribution in [3.63, 3.8) is 0 Å². The molecule has 2 aliphatic heterocycles. The van der Waals surface area contributed by atoms with E-state index in [2.05, 4.69) is 10.3 Å². The number of para-hydroxylation sites is 2. The lowest BCUT2D eigenvalue weighted by atomic mass is 10.1. The van der Waals surface area contributed by atoms with E-state index in [1.807, 2.05) is 54.1 Å². The van der Waals surface area contributed by atoms with Gasteiger partial charge in [0.15, 0.2) is 0 Å². The van der Waals surface area contributed by atoms with Gasteiger partial charge in [-0.2, -0.15) is 0 Å². The molecule has 7 heteroatoms. The van der Waals surface area contributed by atoms with Crippen LogP contribution in [0.5, 0.6) is 5.75 Å². The van der Waals surface area contributed by atoms with E-state index < -0.39 is 0 Å². The minimum absolute atomic E-state index is 0.0337. The Kier molecular flexibility index (Phi) is 4.65. The van der Waals surface area contributed by atoms with Gasteiger partial charge in [-0.3, -0.25) is 9.59 Å². The molecule has 1 unspecified atom stereocenters. The smallest absolute Gasteiger partial charge is 0.227 e. The number of aromatic nitrogens is 2. The first-order valence-electron chi connectivity index (χ1n) is 10.3. The summed E-state index contributed by atoms with van der Waals surface area (Å²) in [7, 11) is 1.94. The van der Waals surface area contributed by atoms with Crippen LogP contribution in [-0.4, -0.2) is 34.5 Å². The van der Waals surface area contributed by atoms with Crippen molar-refractivity contribution in [3.05, 3.63) is 53.9 Å². The molecule has 7 nitrogen and oxygen atoms in total. The third-order valence-corrected chi connectivity index (χ3v) is 6.01. The Morgan fingerprint density at radius 3 is 3.00 bits per heavy atom. The molecule has 1 saturated heterocycles. The minimum Gasteiger partial charge on any atom is -0.493 e. The van der Waals surface area contributed by atoms with Gasteiger partial charge in [0.05, 0.1) is 30.1 Å². The highest BCUT2D eigenvalue weighted by Crippen LogP contribution is 2.32. The second-order valence-electron chi connectivity index (χ2n) is 7.94. The normalized spacial score (nSPS) is 18.4. The fourth-order valence-corrected chi connectivity index (χ4v) is 4.29. The zero-order valence-corrected chi connectivity index (χ0v) is 16.9. The van der Waals surface area contributed by atoms with Gasteiger partial charge in [-0.05, 0) is 36.6 Å². The van der Waals surface area contributed by atoms with Crippen molar-refractivity contribution in [1.29, 1.82) is 0 Å². The van der Waals surface area contributed by atoms with Crippen molar-refractivity contribution in [2.24, 2.45) is 13.0 Å². The van der Waals surface area contributed by atoms with Crippen molar-refractivity contribution in [2.75, 3.05) is 18.1 Å². The number of aryl methyl sites for hydroxylation is 2. The Labute approximate surface area is 174 Å². The minimum atomic E-state index is -0.371. The highest BCUT2D eigenvalue weighted by Gasteiger charge is 2.35. The molecule has 0 aliphatic carbocycles. The van der Waals surface area contributed by atoms with Gasteiger partial charge in [0.2, 0.25) is 11.8 Å². The Hall–Kier alpha value is -3.35. The summed E-state index contributed by atoms with van der Waals surface area (Å²) in [5, 5.41) is 2.96. The summed E-state index contributed by atoms with van der Waals surface area (Å²) in [5.74, 6) is 1.11. The summed E-state index contributed by atoms with van der Waals surface area (Å²) in [6.45, 7) is 1.42. The first-order chi connectivity index (χ1) is 14.6. The van der Waals surface area contributed by atoms with Gasteiger partial charge in [-0.1, -0.05) is 18.2 Å². The van der Waals surface area contributed by atoms with Crippen molar-refractivity contribution in [3.8, 4) is 5.75 Å². The van der Waals surface area contributed by atoms with Crippen LogP contribution in [0.25, 0.3) is 11.0 Å². The van der Waals surface area contributed by atoms with Crippen molar-refractivity contribution in [2.45, 2.75) is 25.8 Å². The van der Waals surface area contributed by atoms with E-state index in [9.17, 15) is 9.59 Å². The lowest BCUT2D eigenvalue weighted by Crippen LogP contribution is -2.33. The number of amides is 2. The second kappa shape index (κ2) is 7.48. The number of hydrogen-bond donors (Lipinski definition) is 1.